The molecule has 4 heteroatoms. The molecule has 8 aliphatic carbocycles. The van der Waals surface area contributed by atoms with Crippen LogP contribution in [0.1, 0.15) is 131 Å². The van der Waals surface area contributed by atoms with Crippen molar-refractivity contribution in [3.05, 3.63) is 130 Å². The van der Waals surface area contributed by atoms with Crippen molar-refractivity contribution in [2.24, 2.45) is 35.5 Å². The van der Waals surface area contributed by atoms with Crippen LogP contribution in [0.4, 0.5) is 0 Å². The molecule has 6 aromatic rings. The molecule has 328 valence electrons. The Balaban J connectivity index is 0.000000137. The molecular formula is C59H70Cl2SiZr. The molecule has 0 unspecified atom stereocenters. The molecule has 63 heavy (non-hydrogen) atoms. The van der Waals surface area contributed by atoms with Gasteiger partial charge in [-0.2, -0.15) is 12.1 Å². The topological polar surface area (TPSA) is 0 Å². The molecule has 8 bridgehead atoms. The molecule has 0 aliphatic heterocycles. The van der Waals surface area contributed by atoms with E-state index in [0.717, 1.165) is 41.9 Å². The zero-order valence-electron chi connectivity index (χ0n) is 39.1. The van der Waals surface area contributed by atoms with E-state index in [1.807, 2.05) is 0 Å². The summed E-state index contributed by atoms with van der Waals surface area (Å²) in [6.45, 7) is 13.4. The first-order chi connectivity index (χ1) is 30.6. The summed E-state index contributed by atoms with van der Waals surface area (Å²) in [6.07, 6.45) is 19.0. The van der Waals surface area contributed by atoms with E-state index in [9.17, 15) is 0 Å². The fraction of sp³-hybridized carbons (Fsp3) is 0.492. The average Bonchev–Trinajstić information content (AvgIpc) is 3.89. The summed E-state index contributed by atoms with van der Waals surface area (Å²) in [6, 6.07) is 41.0. The van der Waals surface area contributed by atoms with Crippen molar-refractivity contribution in [3.8, 4) is 22.3 Å². The third-order valence-electron chi connectivity index (χ3n) is 17.0. The van der Waals surface area contributed by atoms with Gasteiger partial charge in [0.2, 0.25) is 0 Å². The monoisotopic (exact) mass is 966 g/mol. The van der Waals surface area contributed by atoms with Crippen LogP contribution >= 0.6 is 17.0 Å². The Morgan fingerprint density at radius 3 is 1.24 bits per heavy atom. The standard InChI is InChI=1S/C28H31.C27H29.C4H10Si.2ClH.Zr/c1-3-19-13-26-18(2)4-9-25(27(26)14-19)23-5-7-24(8-6-23)28-15-20-10-21(16-28)12-22(11-20)17-28;1-17-9-25-18(2)3-8-24(26(25)10-17)22-4-6-23(7-5-22)27-14-19-11-20(15-27)13-21(12-19)16-27;1-3-5-4-2;;;/h4-9,13-14,20-22H,3,10-12,15-17H2,1-2H3;3-10,19-21H,11-16H2,1-2H3;3-4H2,1-2H3;2*1H;/q2*-1;;;;+4/p-2. The van der Waals surface area contributed by atoms with Gasteiger partial charge >= 0.3 is 37.9 Å². The van der Waals surface area contributed by atoms with Gasteiger partial charge in [0.15, 0.2) is 0 Å². The Bertz CT molecular complexity index is 2410. The Labute approximate surface area is 401 Å². The van der Waals surface area contributed by atoms with Crippen molar-refractivity contribution >= 4 is 48.1 Å². The zero-order chi connectivity index (χ0) is 43.9. The van der Waals surface area contributed by atoms with Crippen LogP contribution in [0.15, 0.2) is 97.1 Å². The van der Waals surface area contributed by atoms with Gasteiger partial charge < -0.3 is 0 Å². The second-order valence-corrected chi connectivity index (χ2v) is 27.0. The van der Waals surface area contributed by atoms with Gasteiger partial charge in [-0.3, -0.25) is 0 Å². The molecule has 14 rings (SSSR count). The average molecular weight is 969 g/mol. The molecule has 0 nitrogen and oxygen atoms in total. The minimum atomic E-state index is -0.826. The summed E-state index contributed by atoms with van der Waals surface area (Å²) in [4.78, 5) is 0. The van der Waals surface area contributed by atoms with Gasteiger partial charge in [-0.05, 0) is 152 Å². The van der Waals surface area contributed by atoms with Crippen molar-refractivity contribution in [3.63, 3.8) is 0 Å². The third kappa shape index (κ3) is 9.39. The predicted molar refractivity (Wildman–Crippen MR) is 272 cm³/mol. The van der Waals surface area contributed by atoms with Gasteiger partial charge in [-0.25, -0.2) is 0 Å². The van der Waals surface area contributed by atoms with Crippen LogP contribution in [0.5, 0.6) is 0 Å². The number of fused-ring (bicyclic) bond motifs is 2. The molecule has 6 aromatic carbocycles. The molecular weight excluding hydrogens is 899 g/mol. The van der Waals surface area contributed by atoms with Gasteiger partial charge in [0.1, 0.15) is 0 Å². The van der Waals surface area contributed by atoms with Crippen LogP contribution in [-0.4, -0.2) is 9.52 Å². The third-order valence-corrected chi connectivity index (χ3v) is 18.0. The van der Waals surface area contributed by atoms with Crippen molar-refractivity contribution in [1.29, 1.82) is 0 Å². The van der Waals surface area contributed by atoms with E-state index in [0.29, 0.717) is 10.8 Å². The molecule has 0 N–H and O–H groups in total. The summed E-state index contributed by atoms with van der Waals surface area (Å²) in [7, 11) is 11.1. The van der Waals surface area contributed by atoms with Gasteiger partial charge in [-0.1, -0.05) is 125 Å². The Kier molecular flexibility index (Phi) is 14.2. The van der Waals surface area contributed by atoms with Crippen molar-refractivity contribution in [1.82, 2.24) is 0 Å². The summed E-state index contributed by atoms with van der Waals surface area (Å²) in [5.41, 5.74) is 15.4. The van der Waals surface area contributed by atoms with Gasteiger partial charge in [0.25, 0.3) is 0 Å². The maximum absolute atomic E-state index is 4.93. The summed E-state index contributed by atoms with van der Waals surface area (Å²) < 4.78 is 0. The molecule has 0 atom stereocenters. The van der Waals surface area contributed by atoms with Gasteiger partial charge in [0.05, 0.1) is 0 Å². The second-order valence-electron chi connectivity index (χ2n) is 21.3. The molecule has 8 fully saturated rings. The van der Waals surface area contributed by atoms with E-state index >= 15 is 0 Å². The van der Waals surface area contributed by atoms with E-state index in [2.05, 4.69) is 139 Å². The van der Waals surface area contributed by atoms with Crippen molar-refractivity contribution in [2.75, 3.05) is 0 Å². The van der Waals surface area contributed by atoms with Gasteiger partial charge in [-0.15, -0.1) is 68.1 Å². The van der Waals surface area contributed by atoms with Crippen LogP contribution in [0, 0.1) is 56.3 Å². The number of hydrogen-bond acceptors (Lipinski definition) is 0. The van der Waals surface area contributed by atoms with Crippen LogP contribution < -0.4 is 0 Å². The number of rotatable bonds is 7. The molecule has 2 radical (unpaired) electrons. The molecule has 0 aromatic heterocycles. The zero-order valence-corrected chi connectivity index (χ0v) is 44.0. The van der Waals surface area contributed by atoms with Crippen LogP contribution in [-0.2, 0) is 38.1 Å². The Morgan fingerprint density at radius 1 is 0.524 bits per heavy atom. The van der Waals surface area contributed by atoms with E-state index < -0.39 is 20.8 Å². The molecule has 0 spiro atoms. The number of aryl methyl sites for hydroxylation is 4. The van der Waals surface area contributed by atoms with E-state index in [-0.39, 0.29) is 0 Å². The first-order valence-electron chi connectivity index (χ1n) is 24.8. The quantitative estimate of drug-likeness (QED) is 0.110. The summed E-state index contributed by atoms with van der Waals surface area (Å²) >= 11 is -0.826. The SMILES string of the molecule is CC[Si]CC.CCc1cc2c(-c3ccc(C45CC6CC(CC(C6)C4)C5)cc3)ccc(C)c2[cH-]1.Cc1cc2c(-c3ccc(C45CC6CC(CC(C6)C4)C5)cc3)ccc(C)c2[cH-]1.[Cl][Zr+2][Cl]. The summed E-state index contributed by atoms with van der Waals surface area (Å²) in [5.74, 6) is 6.08. The number of benzene rings is 4. The fourth-order valence-electron chi connectivity index (χ4n) is 15.0. The Morgan fingerprint density at radius 2 is 0.889 bits per heavy atom. The number of halogens is 2. The van der Waals surface area contributed by atoms with Crippen molar-refractivity contribution in [2.45, 2.75) is 148 Å². The first-order valence-corrected chi connectivity index (χ1v) is 32.5. The maximum atomic E-state index is 4.93. The fourth-order valence-corrected chi connectivity index (χ4v) is 15.5. The van der Waals surface area contributed by atoms with E-state index in [4.69, 9.17) is 17.0 Å². The first kappa shape index (κ1) is 45.9. The van der Waals surface area contributed by atoms with E-state index in [1.54, 1.807) is 11.1 Å². The van der Waals surface area contributed by atoms with Crippen LogP contribution in [0.2, 0.25) is 12.1 Å². The molecule has 0 heterocycles. The van der Waals surface area contributed by atoms with Crippen LogP contribution in [0.25, 0.3) is 43.8 Å². The molecule has 8 saturated carbocycles. The van der Waals surface area contributed by atoms with E-state index in [1.165, 1.54) is 165 Å². The Hall–Kier alpha value is -2.22. The van der Waals surface area contributed by atoms with Crippen molar-refractivity contribution < 1.29 is 20.8 Å². The molecule has 8 aliphatic rings. The van der Waals surface area contributed by atoms with Crippen LogP contribution in [0.3, 0.4) is 0 Å². The second kappa shape index (κ2) is 19.6. The summed E-state index contributed by atoms with van der Waals surface area (Å²) in [5, 5.41) is 5.68. The normalized spacial score (nSPS) is 28.2. The molecule has 0 amide bonds. The predicted octanol–water partition coefficient (Wildman–Crippen LogP) is 17.8. The van der Waals surface area contributed by atoms with Gasteiger partial charge in [0, 0.05) is 9.52 Å². The minimum absolute atomic E-state index is 0.506. The number of hydrogen-bond donors (Lipinski definition) is 0. The molecule has 0 saturated heterocycles.